The molecule has 0 N–H and O–H groups in total. The van der Waals surface area contributed by atoms with Crippen LogP contribution >= 0.6 is 38.9 Å². The number of halogens is 2. The fourth-order valence-electron chi connectivity index (χ4n) is 4.28. The first-order chi connectivity index (χ1) is 14.8. The van der Waals surface area contributed by atoms with Crippen molar-refractivity contribution < 1.29 is 13.2 Å². The van der Waals surface area contributed by atoms with Crippen LogP contribution in [-0.4, -0.2) is 62.8 Å². The number of hydrogen-bond acceptors (Lipinski definition) is 5. The minimum Gasteiger partial charge on any atom is -0.368 e. The first-order valence-electron chi connectivity index (χ1n) is 10.3. The van der Waals surface area contributed by atoms with Crippen LogP contribution in [0, 0.1) is 12.8 Å². The van der Waals surface area contributed by atoms with E-state index in [0.29, 0.717) is 35.3 Å². The lowest BCUT2D eigenvalue weighted by molar-refractivity contribution is -0.137. The van der Waals surface area contributed by atoms with Gasteiger partial charge in [-0.25, -0.2) is 8.42 Å². The van der Waals surface area contributed by atoms with Gasteiger partial charge in [0, 0.05) is 50.0 Å². The molecule has 0 bridgehead atoms. The second-order valence-corrected chi connectivity index (χ2v) is 13.1. The van der Waals surface area contributed by atoms with E-state index in [-0.39, 0.29) is 18.4 Å². The number of sulfonamides is 1. The smallest absolute Gasteiger partial charge is 0.252 e. The molecular formula is C21H25BrClN3O3S2. The first-order valence-corrected chi connectivity index (χ1v) is 13.7. The third-order valence-electron chi connectivity index (χ3n) is 5.98. The zero-order valence-corrected chi connectivity index (χ0v) is 21.2. The van der Waals surface area contributed by atoms with Gasteiger partial charge >= 0.3 is 0 Å². The molecule has 6 nitrogen and oxygen atoms in total. The lowest BCUT2D eigenvalue weighted by Gasteiger charge is -2.39. The predicted molar refractivity (Wildman–Crippen MR) is 128 cm³/mol. The number of amides is 1. The summed E-state index contributed by atoms with van der Waals surface area (Å²) in [4.78, 5) is 17.3. The van der Waals surface area contributed by atoms with E-state index in [4.69, 9.17) is 11.6 Å². The number of carbonyl (C=O) groups is 1. The summed E-state index contributed by atoms with van der Waals surface area (Å²) in [7, 11) is -3.56. The molecule has 0 aliphatic carbocycles. The average molecular weight is 547 g/mol. The standard InChI is InChI=1S/C21H25BrClN3O3S2/c1-15-4-5-17(23)13-18(15)24-9-11-25(12-10-24)21(27)16-3-2-8-26(14-16)31(28,29)20-7-6-19(22)30-20/h4-7,13,16H,2-3,8-12,14H2,1H3/t16-/m0/s1. The number of piperidine rings is 1. The van der Waals surface area contributed by atoms with Crippen molar-refractivity contribution in [3.63, 3.8) is 0 Å². The van der Waals surface area contributed by atoms with Crippen molar-refractivity contribution in [3.05, 3.63) is 44.7 Å². The highest BCUT2D eigenvalue weighted by Gasteiger charge is 2.36. The number of rotatable bonds is 4. The normalized spacial score (nSPS) is 20.8. The van der Waals surface area contributed by atoms with Crippen LogP contribution in [-0.2, 0) is 14.8 Å². The largest absolute Gasteiger partial charge is 0.368 e. The monoisotopic (exact) mass is 545 g/mol. The van der Waals surface area contributed by atoms with Crippen LogP contribution in [0.3, 0.4) is 0 Å². The Balaban J connectivity index is 1.39. The molecule has 3 heterocycles. The van der Waals surface area contributed by atoms with Gasteiger partial charge in [-0.3, -0.25) is 4.79 Å². The Morgan fingerprint density at radius 1 is 1.13 bits per heavy atom. The maximum absolute atomic E-state index is 13.2. The lowest BCUT2D eigenvalue weighted by Crippen LogP contribution is -2.53. The third-order valence-corrected chi connectivity index (χ3v) is 10.2. The van der Waals surface area contributed by atoms with Gasteiger partial charge in [0.2, 0.25) is 5.91 Å². The van der Waals surface area contributed by atoms with Crippen LogP contribution < -0.4 is 4.90 Å². The predicted octanol–water partition coefficient (Wildman–Crippen LogP) is 4.22. The van der Waals surface area contributed by atoms with Gasteiger partial charge in [0.15, 0.2) is 0 Å². The summed E-state index contributed by atoms with van der Waals surface area (Å²) in [6.45, 7) is 5.52. The Morgan fingerprint density at radius 3 is 2.55 bits per heavy atom. The number of piperazine rings is 1. The van der Waals surface area contributed by atoms with E-state index in [0.717, 1.165) is 34.5 Å². The molecule has 2 saturated heterocycles. The molecule has 1 amide bonds. The fraction of sp³-hybridized carbons (Fsp3) is 0.476. The van der Waals surface area contributed by atoms with Gasteiger partial charge in [-0.2, -0.15) is 4.31 Å². The second kappa shape index (κ2) is 9.39. The van der Waals surface area contributed by atoms with E-state index >= 15 is 0 Å². The van der Waals surface area contributed by atoms with Gasteiger partial charge in [-0.05, 0) is 65.5 Å². The van der Waals surface area contributed by atoms with E-state index in [1.54, 1.807) is 12.1 Å². The number of nitrogens with zero attached hydrogens (tertiary/aromatic N) is 3. The van der Waals surface area contributed by atoms with Gasteiger partial charge < -0.3 is 9.80 Å². The summed E-state index contributed by atoms with van der Waals surface area (Å²) in [5.74, 6) is -0.221. The zero-order valence-electron chi connectivity index (χ0n) is 17.3. The molecular weight excluding hydrogens is 522 g/mol. The van der Waals surface area contributed by atoms with Gasteiger partial charge in [-0.15, -0.1) is 11.3 Å². The molecule has 168 valence electrons. The summed E-state index contributed by atoms with van der Waals surface area (Å²) in [5.41, 5.74) is 2.27. The highest BCUT2D eigenvalue weighted by Crippen LogP contribution is 2.32. The molecule has 4 rings (SSSR count). The number of carbonyl (C=O) groups excluding carboxylic acids is 1. The Hall–Kier alpha value is -1.13. The number of hydrogen-bond donors (Lipinski definition) is 0. The molecule has 1 aromatic heterocycles. The van der Waals surface area contributed by atoms with E-state index in [2.05, 4.69) is 27.8 Å². The summed E-state index contributed by atoms with van der Waals surface area (Å²) >= 11 is 10.7. The lowest BCUT2D eigenvalue weighted by atomic mass is 9.97. The molecule has 2 aromatic rings. The van der Waals surface area contributed by atoms with Gasteiger partial charge in [0.25, 0.3) is 10.0 Å². The zero-order chi connectivity index (χ0) is 22.2. The highest BCUT2D eigenvalue weighted by atomic mass is 79.9. The van der Waals surface area contributed by atoms with Crippen molar-refractivity contribution in [3.8, 4) is 0 Å². The Morgan fingerprint density at radius 2 is 1.87 bits per heavy atom. The molecule has 0 spiro atoms. The molecule has 1 atom stereocenters. The summed E-state index contributed by atoms with van der Waals surface area (Å²) in [5, 5.41) is 0.709. The van der Waals surface area contributed by atoms with Crippen molar-refractivity contribution >= 4 is 60.5 Å². The molecule has 1 aromatic carbocycles. The van der Waals surface area contributed by atoms with E-state index in [9.17, 15) is 13.2 Å². The van der Waals surface area contributed by atoms with Crippen LogP contribution in [0.15, 0.2) is 38.3 Å². The highest BCUT2D eigenvalue weighted by molar-refractivity contribution is 9.11. The van der Waals surface area contributed by atoms with Crippen molar-refractivity contribution in [1.82, 2.24) is 9.21 Å². The van der Waals surface area contributed by atoms with E-state index in [1.807, 2.05) is 23.1 Å². The van der Waals surface area contributed by atoms with Crippen molar-refractivity contribution in [2.45, 2.75) is 24.0 Å². The number of benzene rings is 1. The number of aryl methyl sites for hydroxylation is 1. The molecule has 2 aliphatic rings. The van der Waals surface area contributed by atoms with Crippen LogP contribution in [0.1, 0.15) is 18.4 Å². The van der Waals surface area contributed by atoms with Crippen molar-refractivity contribution in [2.75, 3.05) is 44.2 Å². The van der Waals surface area contributed by atoms with Crippen molar-refractivity contribution in [1.29, 1.82) is 0 Å². The summed E-state index contributed by atoms with van der Waals surface area (Å²) in [6.07, 6.45) is 1.43. The van der Waals surface area contributed by atoms with E-state index in [1.165, 1.54) is 15.6 Å². The summed E-state index contributed by atoms with van der Waals surface area (Å²) in [6, 6.07) is 9.23. The minimum atomic E-state index is -3.56. The molecule has 31 heavy (non-hydrogen) atoms. The molecule has 0 saturated carbocycles. The summed E-state index contributed by atoms with van der Waals surface area (Å²) < 4.78 is 28.5. The van der Waals surface area contributed by atoms with Crippen LogP contribution in [0.25, 0.3) is 0 Å². The number of anilines is 1. The minimum absolute atomic E-state index is 0.0646. The Kier molecular flexibility index (Phi) is 6.98. The molecule has 0 radical (unpaired) electrons. The SMILES string of the molecule is Cc1ccc(Cl)cc1N1CCN(C(=O)[C@H]2CCCN(S(=O)(=O)c3ccc(Br)s3)C2)CC1. The quantitative estimate of drug-likeness (QED) is 0.576. The molecule has 10 heteroatoms. The topological polar surface area (TPSA) is 60.9 Å². The van der Waals surface area contributed by atoms with E-state index < -0.39 is 10.0 Å². The molecule has 2 aliphatic heterocycles. The number of thiophene rings is 1. The third kappa shape index (κ3) is 4.95. The average Bonchev–Trinajstić information content (AvgIpc) is 3.22. The van der Waals surface area contributed by atoms with Gasteiger partial charge in [0.05, 0.1) is 9.70 Å². The first kappa shape index (κ1) is 23.0. The molecule has 2 fully saturated rings. The Bertz CT molecular complexity index is 1070. The van der Waals surface area contributed by atoms with Gasteiger partial charge in [0.1, 0.15) is 4.21 Å². The van der Waals surface area contributed by atoms with Crippen molar-refractivity contribution in [2.24, 2.45) is 5.92 Å². The second-order valence-electron chi connectivity index (χ2n) is 8.00. The fourth-order valence-corrected chi connectivity index (χ4v) is 8.13. The van der Waals surface area contributed by atoms with Crippen LogP contribution in [0.5, 0.6) is 0 Å². The van der Waals surface area contributed by atoms with Crippen LogP contribution in [0.4, 0.5) is 5.69 Å². The molecule has 0 unspecified atom stereocenters. The van der Waals surface area contributed by atoms with Crippen LogP contribution in [0.2, 0.25) is 5.02 Å². The maximum atomic E-state index is 13.2. The van der Waals surface area contributed by atoms with Gasteiger partial charge in [-0.1, -0.05) is 17.7 Å². The Labute approximate surface area is 201 Å². The maximum Gasteiger partial charge on any atom is 0.252 e.